The number of ether oxygens (including phenoxy) is 1. The van der Waals surface area contributed by atoms with Gasteiger partial charge in [-0.2, -0.15) is 5.26 Å². The second kappa shape index (κ2) is 9.30. The summed E-state index contributed by atoms with van der Waals surface area (Å²) in [5.41, 5.74) is 3.35. The van der Waals surface area contributed by atoms with Gasteiger partial charge in [-0.3, -0.25) is 9.59 Å². The first-order valence-electron chi connectivity index (χ1n) is 8.42. The number of aryl methyl sites for hydroxylation is 2. The van der Waals surface area contributed by atoms with E-state index in [9.17, 15) is 14.4 Å². The van der Waals surface area contributed by atoms with Gasteiger partial charge in [0.2, 0.25) is 0 Å². The first kappa shape index (κ1) is 19.9. The smallest absolute Gasteiger partial charge is 0.338 e. The Hall–Kier alpha value is -3.46. The molecule has 0 aliphatic rings. The summed E-state index contributed by atoms with van der Waals surface area (Å²) >= 11 is 0. The Morgan fingerprint density at radius 2 is 1.74 bits per heavy atom. The van der Waals surface area contributed by atoms with E-state index in [0.29, 0.717) is 17.5 Å². The van der Waals surface area contributed by atoms with Gasteiger partial charge in [-0.1, -0.05) is 18.2 Å². The number of aldehydes is 1. The first-order chi connectivity index (χ1) is 12.9. The molecular weight excluding hydrogens is 344 g/mol. The van der Waals surface area contributed by atoms with Crippen LogP contribution in [0.15, 0.2) is 42.5 Å². The average Bonchev–Trinajstić information content (AvgIpc) is 2.65. The van der Waals surface area contributed by atoms with E-state index in [1.165, 1.54) is 29.2 Å². The predicted molar refractivity (Wildman–Crippen MR) is 101 cm³/mol. The molecule has 2 aromatic carbocycles. The molecule has 0 N–H and O–H groups in total. The quantitative estimate of drug-likeness (QED) is 0.556. The van der Waals surface area contributed by atoms with E-state index in [1.807, 2.05) is 38.1 Å². The summed E-state index contributed by atoms with van der Waals surface area (Å²) in [4.78, 5) is 36.8. The van der Waals surface area contributed by atoms with Gasteiger partial charge in [-0.15, -0.1) is 0 Å². The largest absolute Gasteiger partial charge is 0.452 e. The number of hydrogen-bond donors (Lipinski definition) is 0. The number of carbonyl (C=O) groups is 3. The molecule has 138 valence electrons. The zero-order chi connectivity index (χ0) is 19.8. The Morgan fingerprint density at radius 3 is 2.30 bits per heavy atom. The fourth-order valence-electron chi connectivity index (χ4n) is 2.65. The lowest BCUT2D eigenvalue weighted by atomic mass is 10.1. The molecule has 6 nitrogen and oxygen atoms in total. The molecular formula is C21H20N2O4. The molecule has 0 saturated carbocycles. The van der Waals surface area contributed by atoms with Crippen molar-refractivity contribution in [3.05, 3.63) is 64.7 Å². The molecule has 27 heavy (non-hydrogen) atoms. The van der Waals surface area contributed by atoms with Gasteiger partial charge >= 0.3 is 5.97 Å². The van der Waals surface area contributed by atoms with Crippen LogP contribution in [0.4, 0.5) is 5.69 Å². The van der Waals surface area contributed by atoms with E-state index >= 15 is 0 Å². The second-order valence-corrected chi connectivity index (χ2v) is 6.12. The zero-order valence-corrected chi connectivity index (χ0v) is 15.3. The topological polar surface area (TPSA) is 87.5 Å². The van der Waals surface area contributed by atoms with Gasteiger partial charge in [0.15, 0.2) is 6.61 Å². The monoisotopic (exact) mass is 364 g/mol. The molecule has 0 aliphatic heterocycles. The van der Waals surface area contributed by atoms with Crippen LogP contribution in [0, 0.1) is 25.2 Å². The molecule has 0 radical (unpaired) electrons. The fraction of sp³-hybridized carbons (Fsp3) is 0.238. The molecule has 0 bridgehead atoms. The summed E-state index contributed by atoms with van der Waals surface area (Å²) in [6.45, 7) is 3.62. The number of hydrogen-bond acceptors (Lipinski definition) is 5. The van der Waals surface area contributed by atoms with E-state index in [1.54, 1.807) is 0 Å². The van der Waals surface area contributed by atoms with E-state index in [-0.39, 0.29) is 18.5 Å². The minimum atomic E-state index is -0.651. The maximum absolute atomic E-state index is 12.6. The first-order valence-corrected chi connectivity index (χ1v) is 8.42. The van der Waals surface area contributed by atoms with Crippen LogP contribution in [0.3, 0.4) is 0 Å². The van der Waals surface area contributed by atoms with Gasteiger partial charge < -0.3 is 9.64 Å². The maximum Gasteiger partial charge on any atom is 0.338 e. The Labute approximate surface area is 158 Å². The van der Waals surface area contributed by atoms with E-state index < -0.39 is 18.5 Å². The normalized spacial score (nSPS) is 9.96. The van der Waals surface area contributed by atoms with Crippen molar-refractivity contribution in [3.8, 4) is 6.07 Å². The molecule has 0 unspecified atom stereocenters. The summed E-state index contributed by atoms with van der Waals surface area (Å²) in [7, 11) is 0. The summed E-state index contributed by atoms with van der Waals surface area (Å²) in [6, 6.07) is 13.6. The number of anilines is 1. The molecule has 2 rings (SSSR count). The zero-order valence-electron chi connectivity index (χ0n) is 15.3. The van der Waals surface area contributed by atoms with Crippen LogP contribution in [0.1, 0.15) is 38.3 Å². The maximum atomic E-state index is 12.6. The lowest BCUT2D eigenvalue weighted by molar-refractivity contribution is -0.121. The predicted octanol–water partition coefficient (Wildman–Crippen LogP) is 3.22. The van der Waals surface area contributed by atoms with Crippen LogP contribution in [-0.2, 0) is 9.53 Å². The molecule has 0 heterocycles. The number of carbonyl (C=O) groups excluding carboxylic acids is 3. The Kier molecular flexibility index (Phi) is 6.84. The number of nitriles is 1. The standard InChI is InChI=1S/C21H20N2O4/c1-15-10-16(2)12-19(11-15)23(9-3-8-22)20(25)14-27-21(26)18-6-4-17(13-24)5-7-18/h4-7,10-13H,3,9,14H2,1-2H3. The minimum Gasteiger partial charge on any atom is -0.452 e. The molecule has 0 atom stereocenters. The Bertz CT molecular complexity index is 862. The van der Waals surface area contributed by atoms with Crippen molar-refractivity contribution >= 4 is 23.9 Å². The number of esters is 1. The molecule has 0 aromatic heterocycles. The molecule has 1 amide bonds. The van der Waals surface area contributed by atoms with E-state index in [2.05, 4.69) is 0 Å². The highest BCUT2D eigenvalue weighted by Gasteiger charge is 2.18. The third kappa shape index (κ3) is 5.51. The summed E-state index contributed by atoms with van der Waals surface area (Å²) in [5, 5.41) is 8.86. The number of nitrogens with zero attached hydrogens (tertiary/aromatic N) is 2. The lowest BCUT2D eigenvalue weighted by Gasteiger charge is -2.22. The minimum absolute atomic E-state index is 0.167. The molecule has 0 spiro atoms. The Morgan fingerprint density at radius 1 is 1.11 bits per heavy atom. The molecule has 0 saturated heterocycles. The summed E-state index contributed by atoms with van der Waals surface area (Å²) < 4.78 is 5.10. The van der Waals surface area contributed by atoms with Crippen molar-refractivity contribution in [2.75, 3.05) is 18.1 Å². The highest BCUT2D eigenvalue weighted by molar-refractivity contribution is 5.97. The van der Waals surface area contributed by atoms with Crippen LogP contribution in [0.25, 0.3) is 0 Å². The van der Waals surface area contributed by atoms with Crippen molar-refractivity contribution < 1.29 is 19.1 Å². The van der Waals surface area contributed by atoms with Crippen molar-refractivity contribution in [2.24, 2.45) is 0 Å². The summed E-state index contributed by atoms with van der Waals surface area (Å²) in [5.74, 6) is -1.06. The highest BCUT2D eigenvalue weighted by atomic mass is 16.5. The highest BCUT2D eigenvalue weighted by Crippen LogP contribution is 2.19. The van der Waals surface area contributed by atoms with E-state index in [4.69, 9.17) is 10.00 Å². The van der Waals surface area contributed by atoms with Gasteiger partial charge in [0.1, 0.15) is 6.29 Å². The second-order valence-electron chi connectivity index (χ2n) is 6.12. The van der Waals surface area contributed by atoms with Crippen LogP contribution >= 0.6 is 0 Å². The molecule has 6 heteroatoms. The summed E-state index contributed by atoms with van der Waals surface area (Å²) in [6.07, 6.45) is 0.843. The van der Waals surface area contributed by atoms with Gasteiger partial charge in [0.05, 0.1) is 18.1 Å². The SMILES string of the molecule is Cc1cc(C)cc(N(CCC#N)C(=O)COC(=O)c2ccc(C=O)cc2)c1. The number of amides is 1. The molecule has 2 aromatic rings. The van der Waals surface area contributed by atoms with Crippen molar-refractivity contribution in [3.63, 3.8) is 0 Å². The molecule has 0 fully saturated rings. The van der Waals surface area contributed by atoms with Crippen molar-refractivity contribution in [2.45, 2.75) is 20.3 Å². The van der Waals surface area contributed by atoms with Gasteiger partial charge in [0.25, 0.3) is 5.91 Å². The third-order valence-electron chi connectivity index (χ3n) is 3.88. The average molecular weight is 364 g/mol. The fourth-order valence-corrected chi connectivity index (χ4v) is 2.65. The number of benzene rings is 2. The van der Waals surface area contributed by atoms with Gasteiger partial charge in [0, 0.05) is 17.8 Å². The van der Waals surface area contributed by atoms with Crippen LogP contribution in [-0.4, -0.2) is 31.3 Å². The van der Waals surface area contributed by atoms with Crippen LogP contribution < -0.4 is 4.90 Å². The van der Waals surface area contributed by atoms with Gasteiger partial charge in [-0.25, -0.2) is 4.79 Å². The Balaban J connectivity index is 2.09. The molecule has 0 aliphatic carbocycles. The van der Waals surface area contributed by atoms with Crippen molar-refractivity contribution in [1.29, 1.82) is 5.26 Å². The number of rotatable bonds is 7. The van der Waals surface area contributed by atoms with Gasteiger partial charge in [-0.05, 0) is 49.2 Å². The van der Waals surface area contributed by atoms with Crippen molar-refractivity contribution in [1.82, 2.24) is 0 Å². The van der Waals surface area contributed by atoms with Crippen LogP contribution in [0.5, 0.6) is 0 Å². The van der Waals surface area contributed by atoms with E-state index in [0.717, 1.165) is 11.1 Å². The van der Waals surface area contributed by atoms with Crippen LogP contribution in [0.2, 0.25) is 0 Å². The lowest BCUT2D eigenvalue weighted by Crippen LogP contribution is -2.35. The third-order valence-corrected chi connectivity index (χ3v) is 3.88.